The number of nitrogens with one attached hydrogen (secondary N) is 1. The van der Waals surface area contributed by atoms with Crippen molar-refractivity contribution in [1.82, 2.24) is 9.88 Å². The van der Waals surface area contributed by atoms with Gasteiger partial charge in [-0.2, -0.15) is 0 Å². The van der Waals surface area contributed by atoms with Crippen LogP contribution >= 0.6 is 11.8 Å². The number of aryl methyl sites for hydroxylation is 1. The molecule has 1 fully saturated rings. The van der Waals surface area contributed by atoms with E-state index in [1.165, 1.54) is 16.7 Å². The zero-order valence-corrected chi connectivity index (χ0v) is 15.8. The highest BCUT2D eigenvalue weighted by Gasteiger charge is 2.58. The summed E-state index contributed by atoms with van der Waals surface area (Å²) in [5, 5.41) is 2.19. The van der Waals surface area contributed by atoms with Crippen LogP contribution in [0.2, 0.25) is 0 Å². The van der Waals surface area contributed by atoms with Gasteiger partial charge in [0, 0.05) is 31.0 Å². The second-order valence-electron chi connectivity index (χ2n) is 6.54. The van der Waals surface area contributed by atoms with Gasteiger partial charge in [0.2, 0.25) is 5.91 Å². The van der Waals surface area contributed by atoms with Crippen LogP contribution in [-0.4, -0.2) is 39.7 Å². The van der Waals surface area contributed by atoms with Gasteiger partial charge < -0.3 is 9.30 Å². The Morgan fingerprint density at radius 2 is 2.00 bits per heavy atom. The number of carbonyl (C=O) groups excluding carboxylic acids is 4. The first-order valence-corrected chi connectivity index (χ1v) is 9.48. The van der Waals surface area contributed by atoms with Gasteiger partial charge in [-0.15, -0.1) is 0 Å². The highest BCUT2D eigenvalue weighted by atomic mass is 32.2. The third kappa shape index (κ3) is 2.88. The highest BCUT2D eigenvalue weighted by Crippen LogP contribution is 2.56. The van der Waals surface area contributed by atoms with E-state index in [4.69, 9.17) is 4.74 Å². The molecule has 0 spiro atoms. The minimum absolute atomic E-state index is 0.155. The molecule has 0 saturated carbocycles. The summed E-state index contributed by atoms with van der Waals surface area (Å²) < 4.78 is 6.77. The van der Waals surface area contributed by atoms with Gasteiger partial charge in [0.15, 0.2) is 11.5 Å². The topological polar surface area (TPSA) is 97.7 Å². The van der Waals surface area contributed by atoms with E-state index in [1.807, 2.05) is 12.1 Å². The van der Waals surface area contributed by atoms with E-state index >= 15 is 0 Å². The Morgan fingerprint density at radius 1 is 1.21 bits per heavy atom. The SMILES string of the molecule is Cn1cccc1C(=O)NC(=O)COC(=O)[C@]12CCC(=O)N1c1ccccc1S2. The summed E-state index contributed by atoms with van der Waals surface area (Å²) in [6, 6.07) is 10.5. The first-order chi connectivity index (χ1) is 13.4. The molecule has 2 aromatic rings. The summed E-state index contributed by atoms with van der Waals surface area (Å²) in [4.78, 5) is 50.4. The number of anilines is 1. The molecule has 1 atom stereocenters. The van der Waals surface area contributed by atoms with Gasteiger partial charge in [-0.05, 0) is 24.3 Å². The fraction of sp³-hybridized carbons (Fsp3) is 0.263. The maximum absolute atomic E-state index is 12.8. The van der Waals surface area contributed by atoms with E-state index in [9.17, 15) is 19.2 Å². The van der Waals surface area contributed by atoms with Crippen molar-refractivity contribution in [3.8, 4) is 0 Å². The number of imide groups is 1. The number of aromatic nitrogens is 1. The second kappa shape index (κ2) is 6.83. The number of esters is 1. The van der Waals surface area contributed by atoms with Crippen LogP contribution in [0, 0.1) is 0 Å². The Morgan fingerprint density at radius 3 is 2.75 bits per heavy atom. The van der Waals surface area contributed by atoms with Crippen LogP contribution in [0.4, 0.5) is 5.69 Å². The van der Waals surface area contributed by atoms with Gasteiger partial charge in [0.1, 0.15) is 5.69 Å². The van der Waals surface area contributed by atoms with Crippen molar-refractivity contribution in [1.29, 1.82) is 0 Å². The van der Waals surface area contributed by atoms with Gasteiger partial charge in [0.25, 0.3) is 11.8 Å². The smallest absolute Gasteiger partial charge is 0.344 e. The maximum atomic E-state index is 12.8. The fourth-order valence-electron chi connectivity index (χ4n) is 3.44. The molecule has 9 heteroatoms. The summed E-state index contributed by atoms with van der Waals surface area (Å²) in [5.74, 6) is -2.13. The lowest BCUT2D eigenvalue weighted by atomic mass is 10.2. The van der Waals surface area contributed by atoms with E-state index in [-0.39, 0.29) is 12.3 Å². The molecular formula is C19H17N3O5S. The molecular weight excluding hydrogens is 382 g/mol. The molecule has 1 aromatic heterocycles. The standard InChI is InChI=1S/C19H17N3O5S/c1-21-10-4-6-13(21)17(25)20-15(23)11-27-18(26)19-9-8-16(24)22(19)12-5-2-3-7-14(12)28-19/h2-7,10H,8-9,11H2,1H3,(H,20,23,25)/t19-/m1/s1. The van der Waals surface area contributed by atoms with Crippen LogP contribution in [-0.2, 0) is 26.2 Å². The van der Waals surface area contributed by atoms with Crippen molar-refractivity contribution in [2.24, 2.45) is 7.05 Å². The predicted molar refractivity (Wildman–Crippen MR) is 101 cm³/mol. The molecule has 0 radical (unpaired) electrons. The van der Waals surface area contributed by atoms with Crippen molar-refractivity contribution in [3.63, 3.8) is 0 Å². The Balaban J connectivity index is 1.43. The molecule has 2 aliphatic rings. The number of thioether (sulfide) groups is 1. The van der Waals surface area contributed by atoms with Crippen molar-refractivity contribution >= 4 is 41.1 Å². The van der Waals surface area contributed by atoms with Crippen LogP contribution < -0.4 is 10.2 Å². The predicted octanol–water partition coefficient (Wildman–Crippen LogP) is 1.45. The maximum Gasteiger partial charge on any atom is 0.344 e. The minimum atomic E-state index is -1.19. The number of benzene rings is 1. The molecule has 1 N–H and O–H groups in total. The van der Waals surface area contributed by atoms with Crippen LogP contribution in [0.5, 0.6) is 0 Å². The van der Waals surface area contributed by atoms with Gasteiger partial charge in [-0.25, -0.2) is 4.79 Å². The highest BCUT2D eigenvalue weighted by molar-refractivity contribution is 8.02. The van der Waals surface area contributed by atoms with Crippen molar-refractivity contribution in [3.05, 3.63) is 48.3 Å². The molecule has 1 aromatic carbocycles. The number of amides is 3. The summed E-state index contributed by atoms with van der Waals surface area (Å²) in [7, 11) is 1.68. The molecule has 28 heavy (non-hydrogen) atoms. The quantitative estimate of drug-likeness (QED) is 0.782. The number of carbonyl (C=O) groups is 4. The van der Waals surface area contributed by atoms with Crippen LogP contribution in [0.25, 0.3) is 0 Å². The third-order valence-corrected chi connectivity index (χ3v) is 6.21. The molecule has 2 aliphatic heterocycles. The number of nitrogens with zero attached hydrogens (tertiary/aromatic N) is 2. The molecule has 8 nitrogen and oxygen atoms in total. The first-order valence-electron chi connectivity index (χ1n) is 8.66. The van der Waals surface area contributed by atoms with Gasteiger partial charge in [-0.1, -0.05) is 23.9 Å². The second-order valence-corrected chi connectivity index (χ2v) is 7.86. The van der Waals surface area contributed by atoms with Crippen LogP contribution in [0.1, 0.15) is 23.3 Å². The molecule has 3 heterocycles. The van der Waals surface area contributed by atoms with Crippen molar-refractivity contribution < 1.29 is 23.9 Å². The number of hydrogen-bond donors (Lipinski definition) is 1. The lowest BCUT2D eigenvalue weighted by molar-refractivity contribution is -0.150. The van der Waals surface area contributed by atoms with Crippen LogP contribution in [0.15, 0.2) is 47.5 Å². The van der Waals surface area contributed by atoms with E-state index in [2.05, 4.69) is 5.32 Å². The number of para-hydroxylation sites is 1. The Bertz CT molecular complexity index is 1000. The van der Waals surface area contributed by atoms with Gasteiger partial charge >= 0.3 is 5.97 Å². The summed E-state index contributed by atoms with van der Waals surface area (Å²) >= 11 is 1.26. The van der Waals surface area contributed by atoms with E-state index in [0.29, 0.717) is 17.8 Å². The Hall–Kier alpha value is -3.07. The fourth-order valence-corrected chi connectivity index (χ4v) is 4.85. The van der Waals surface area contributed by atoms with Crippen molar-refractivity contribution in [2.75, 3.05) is 11.5 Å². The molecule has 0 unspecified atom stereocenters. The summed E-state index contributed by atoms with van der Waals surface area (Å²) in [5.41, 5.74) is 0.989. The summed E-state index contributed by atoms with van der Waals surface area (Å²) in [6.45, 7) is -0.602. The number of ether oxygens (including phenoxy) is 1. The molecule has 4 rings (SSSR count). The third-order valence-electron chi connectivity index (χ3n) is 4.76. The van der Waals surface area contributed by atoms with Gasteiger partial charge in [0.05, 0.1) is 5.69 Å². The largest absolute Gasteiger partial charge is 0.453 e. The molecule has 3 amide bonds. The molecule has 0 bridgehead atoms. The molecule has 1 saturated heterocycles. The lowest BCUT2D eigenvalue weighted by Crippen LogP contribution is -2.48. The normalized spacial score (nSPS) is 19.9. The van der Waals surface area contributed by atoms with E-state index in [0.717, 1.165) is 4.90 Å². The average molecular weight is 399 g/mol. The van der Waals surface area contributed by atoms with Crippen LogP contribution in [0.3, 0.4) is 0 Å². The number of hydrogen-bond acceptors (Lipinski definition) is 6. The van der Waals surface area contributed by atoms with Gasteiger partial charge in [-0.3, -0.25) is 24.6 Å². The first kappa shape index (κ1) is 18.3. The lowest BCUT2D eigenvalue weighted by Gasteiger charge is -2.28. The zero-order chi connectivity index (χ0) is 19.9. The van der Waals surface area contributed by atoms with Crippen molar-refractivity contribution in [2.45, 2.75) is 22.6 Å². The zero-order valence-electron chi connectivity index (χ0n) is 15.0. The van der Waals surface area contributed by atoms with E-state index < -0.39 is 29.3 Å². The monoisotopic (exact) mass is 399 g/mol. The average Bonchev–Trinajstić information content (AvgIpc) is 3.34. The number of fused-ring (bicyclic) bond motifs is 3. The number of rotatable bonds is 4. The molecule has 144 valence electrons. The molecule has 0 aliphatic carbocycles. The van der Waals surface area contributed by atoms with E-state index in [1.54, 1.807) is 42.1 Å². The summed E-state index contributed by atoms with van der Waals surface area (Å²) in [6.07, 6.45) is 2.21. The Kier molecular flexibility index (Phi) is 4.46. The minimum Gasteiger partial charge on any atom is -0.453 e. The Labute approximate surface area is 164 Å².